The van der Waals surface area contributed by atoms with Crippen LogP contribution >= 0.6 is 0 Å². The average molecular weight is 563 g/mol. The Balaban J connectivity index is 1.32. The first kappa shape index (κ1) is 24.6. The fourth-order valence-electron chi connectivity index (χ4n) is 6.66. The van der Waals surface area contributed by atoms with E-state index in [9.17, 15) is 0 Å². The van der Waals surface area contributed by atoms with Crippen molar-refractivity contribution in [3.05, 3.63) is 158 Å². The van der Waals surface area contributed by atoms with Crippen molar-refractivity contribution >= 4 is 71.4 Å². The number of fused-ring (bicyclic) bond motifs is 9. The third kappa shape index (κ3) is 3.87. The van der Waals surface area contributed by atoms with E-state index in [1.165, 1.54) is 43.4 Å². The van der Waals surface area contributed by atoms with E-state index in [2.05, 4.69) is 149 Å². The average Bonchev–Trinajstić information content (AvgIpc) is 3.47. The first-order chi connectivity index (χ1) is 21.8. The molecule has 0 aliphatic carbocycles. The highest BCUT2D eigenvalue weighted by Gasteiger charge is 2.18. The Labute approximate surface area is 254 Å². The molecule has 9 aromatic rings. The number of hydrogen-bond donors (Lipinski definition) is 0. The molecule has 0 N–H and O–H groups in total. The molecule has 2 aromatic heterocycles. The van der Waals surface area contributed by atoms with Gasteiger partial charge in [-0.1, -0.05) is 97.1 Å². The molecule has 2 heterocycles. The molecule has 0 fully saturated rings. The molecule has 0 atom stereocenters. The zero-order chi connectivity index (χ0) is 29.0. The van der Waals surface area contributed by atoms with Crippen LogP contribution in [0.4, 0.5) is 17.1 Å². The van der Waals surface area contributed by atoms with Gasteiger partial charge in [-0.3, -0.25) is 4.98 Å². The monoisotopic (exact) mass is 562 g/mol. The topological polar surface area (TPSA) is 29.3 Å². The number of nitrogens with zero attached hydrogens (tertiary/aromatic N) is 2. The van der Waals surface area contributed by atoms with Crippen LogP contribution < -0.4 is 4.90 Å². The smallest absolute Gasteiger partial charge is 0.153 e. The van der Waals surface area contributed by atoms with Gasteiger partial charge in [-0.05, 0) is 98.0 Å². The quantitative estimate of drug-likeness (QED) is 0.200. The molecule has 3 heteroatoms. The van der Waals surface area contributed by atoms with Gasteiger partial charge in [0.1, 0.15) is 11.1 Å². The van der Waals surface area contributed by atoms with Crippen LogP contribution in [0.3, 0.4) is 0 Å². The van der Waals surface area contributed by atoms with E-state index in [1.807, 2.05) is 18.3 Å². The largest absolute Gasteiger partial charge is 0.454 e. The van der Waals surface area contributed by atoms with E-state index in [1.54, 1.807) is 0 Å². The molecule has 9 rings (SSSR count). The lowest BCUT2D eigenvalue weighted by Gasteiger charge is -2.27. The number of hydrogen-bond acceptors (Lipinski definition) is 3. The second-order valence-corrected chi connectivity index (χ2v) is 11.2. The predicted molar refractivity (Wildman–Crippen MR) is 184 cm³/mol. The Morgan fingerprint density at radius 2 is 0.977 bits per heavy atom. The predicted octanol–water partition coefficient (Wildman–Crippen LogP) is 11.6. The molecule has 0 unspecified atom stereocenters. The second-order valence-electron chi connectivity index (χ2n) is 11.2. The van der Waals surface area contributed by atoms with E-state index in [-0.39, 0.29) is 0 Å². The summed E-state index contributed by atoms with van der Waals surface area (Å²) in [6, 6.07) is 53.9. The zero-order valence-electron chi connectivity index (χ0n) is 23.8. The molecule has 44 heavy (non-hydrogen) atoms. The Bertz CT molecular complexity index is 2480. The third-order valence-corrected chi connectivity index (χ3v) is 8.66. The molecule has 0 amide bonds. The van der Waals surface area contributed by atoms with Gasteiger partial charge in [0, 0.05) is 28.6 Å². The maximum Gasteiger partial charge on any atom is 0.153 e. The van der Waals surface area contributed by atoms with E-state index in [0.29, 0.717) is 0 Å². The zero-order valence-corrected chi connectivity index (χ0v) is 23.8. The molecular weight excluding hydrogens is 536 g/mol. The van der Waals surface area contributed by atoms with Gasteiger partial charge >= 0.3 is 0 Å². The van der Waals surface area contributed by atoms with Crippen LogP contribution in [-0.4, -0.2) is 4.98 Å². The van der Waals surface area contributed by atoms with Gasteiger partial charge < -0.3 is 9.32 Å². The summed E-state index contributed by atoms with van der Waals surface area (Å²) in [7, 11) is 0. The molecule has 0 saturated carbocycles. The van der Waals surface area contributed by atoms with Gasteiger partial charge in [0.2, 0.25) is 0 Å². The van der Waals surface area contributed by atoms with E-state index in [0.717, 1.165) is 39.1 Å². The minimum absolute atomic E-state index is 0.793. The molecule has 0 aliphatic heterocycles. The lowest BCUT2D eigenvalue weighted by molar-refractivity contribution is 0.668. The van der Waals surface area contributed by atoms with Crippen LogP contribution in [0.2, 0.25) is 0 Å². The second kappa shape index (κ2) is 9.82. The molecule has 0 spiro atoms. The Morgan fingerprint density at radius 3 is 1.73 bits per heavy atom. The number of benzene rings is 7. The van der Waals surface area contributed by atoms with Gasteiger partial charge in [-0.2, -0.15) is 0 Å². The maximum absolute atomic E-state index is 6.14. The highest BCUT2D eigenvalue weighted by atomic mass is 16.3. The van der Waals surface area contributed by atoms with Gasteiger partial charge in [-0.15, -0.1) is 0 Å². The molecule has 3 nitrogen and oxygen atoms in total. The van der Waals surface area contributed by atoms with Crippen molar-refractivity contribution in [2.75, 3.05) is 4.90 Å². The summed E-state index contributed by atoms with van der Waals surface area (Å²) < 4.78 is 6.14. The normalized spacial score (nSPS) is 11.6. The summed E-state index contributed by atoms with van der Waals surface area (Å²) >= 11 is 0. The Hall–Kier alpha value is -5.93. The Kier molecular flexibility index (Phi) is 5.50. The molecule has 7 aromatic carbocycles. The summed E-state index contributed by atoms with van der Waals surface area (Å²) in [5.41, 5.74) is 8.06. The summed E-state index contributed by atoms with van der Waals surface area (Å²) in [5.74, 6) is 0. The molecule has 0 saturated heterocycles. The number of furan rings is 1. The van der Waals surface area contributed by atoms with Crippen LogP contribution in [-0.2, 0) is 0 Å². The van der Waals surface area contributed by atoms with Gasteiger partial charge in [0.15, 0.2) is 5.58 Å². The minimum atomic E-state index is 0.793. The lowest BCUT2D eigenvalue weighted by atomic mass is 9.94. The Morgan fingerprint density at radius 1 is 0.386 bits per heavy atom. The summed E-state index contributed by atoms with van der Waals surface area (Å²) in [6.45, 7) is 0. The van der Waals surface area contributed by atoms with Crippen molar-refractivity contribution in [2.24, 2.45) is 0 Å². The molecule has 0 radical (unpaired) electrons. The van der Waals surface area contributed by atoms with Crippen LogP contribution in [0.1, 0.15) is 0 Å². The number of anilines is 3. The van der Waals surface area contributed by atoms with Gasteiger partial charge in [0.25, 0.3) is 0 Å². The van der Waals surface area contributed by atoms with E-state index < -0.39 is 0 Å². The maximum atomic E-state index is 6.14. The van der Waals surface area contributed by atoms with Crippen molar-refractivity contribution in [1.82, 2.24) is 4.98 Å². The van der Waals surface area contributed by atoms with Gasteiger partial charge in [0.05, 0.1) is 0 Å². The first-order valence-electron chi connectivity index (χ1n) is 14.9. The van der Waals surface area contributed by atoms with Crippen LogP contribution in [0, 0.1) is 0 Å². The van der Waals surface area contributed by atoms with Crippen molar-refractivity contribution in [3.63, 3.8) is 0 Å². The number of rotatable bonds is 4. The number of pyridine rings is 1. The van der Waals surface area contributed by atoms with Crippen molar-refractivity contribution in [2.45, 2.75) is 0 Å². The lowest BCUT2D eigenvalue weighted by Crippen LogP contribution is -2.10. The summed E-state index contributed by atoms with van der Waals surface area (Å²) in [4.78, 5) is 7.01. The summed E-state index contributed by atoms with van der Waals surface area (Å²) in [6.07, 6.45) is 1.82. The van der Waals surface area contributed by atoms with Crippen LogP contribution in [0.15, 0.2) is 162 Å². The minimum Gasteiger partial charge on any atom is -0.454 e. The highest BCUT2D eigenvalue weighted by molar-refractivity contribution is 6.25. The highest BCUT2D eigenvalue weighted by Crippen LogP contribution is 2.42. The summed E-state index contributed by atoms with van der Waals surface area (Å²) in [5, 5.41) is 8.55. The first-order valence-corrected chi connectivity index (χ1v) is 14.9. The molecule has 206 valence electrons. The van der Waals surface area contributed by atoms with Crippen LogP contribution in [0.5, 0.6) is 0 Å². The number of aromatic nitrogens is 1. The molecular formula is C41H26N2O. The van der Waals surface area contributed by atoms with Crippen LogP contribution in [0.25, 0.3) is 65.5 Å². The third-order valence-electron chi connectivity index (χ3n) is 8.66. The van der Waals surface area contributed by atoms with Crippen molar-refractivity contribution in [3.8, 4) is 11.1 Å². The standard InChI is InChI=1S/C41H26N2O/c1-2-10-27(11-3-1)28-12-8-13-29(24-28)43(31-20-22-39-38(26-31)41-40(44-39)18-9-23-42-41)30-19-21-36-34-16-5-4-14-32(34)33-15-6-7-17-35(33)37(36)25-30/h1-26H. The van der Waals surface area contributed by atoms with E-state index >= 15 is 0 Å². The molecule has 0 bridgehead atoms. The van der Waals surface area contributed by atoms with Gasteiger partial charge in [-0.25, -0.2) is 0 Å². The SMILES string of the molecule is c1ccc(-c2cccc(N(c3ccc4c5ccccc5c5ccccc5c4c3)c3ccc4oc5cccnc5c4c3)c2)cc1. The van der Waals surface area contributed by atoms with E-state index in [4.69, 9.17) is 4.42 Å². The fourth-order valence-corrected chi connectivity index (χ4v) is 6.66. The van der Waals surface area contributed by atoms with Crippen molar-refractivity contribution in [1.29, 1.82) is 0 Å². The van der Waals surface area contributed by atoms with Crippen molar-refractivity contribution < 1.29 is 4.42 Å². The molecule has 0 aliphatic rings. The fraction of sp³-hybridized carbons (Fsp3) is 0.